The lowest BCUT2D eigenvalue weighted by Gasteiger charge is -2.13. The van der Waals surface area contributed by atoms with Gasteiger partial charge < -0.3 is 20.1 Å². The van der Waals surface area contributed by atoms with E-state index in [1.807, 2.05) is 31.2 Å². The molecule has 0 radical (unpaired) electrons. The zero-order valence-electron chi connectivity index (χ0n) is 16.2. The molecule has 0 spiro atoms. The summed E-state index contributed by atoms with van der Waals surface area (Å²) in [6.45, 7) is 4.03. The summed E-state index contributed by atoms with van der Waals surface area (Å²) in [6.07, 6.45) is 1.39. The molecule has 0 atom stereocenters. The van der Waals surface area contributed by atoms with Crippen molar-refractivity contribution in [2.75, 3.05) is 33.9 Å². The van der Waals surface area contributed by atoms with Gasteiger partial charge in [-0.05, 0) is 49.1 Å². The highest BCUT2D eigenvalue weighted by Crippen LogP contribution is 2.27. The molecule has 0 aliphatic heterocycles. The second-order valence-electron chi connectivity index (χ2n) is 5.97. The Kier molecular flexibility index (Phi) is 8.42. The highest BCUT2D eigenvalue weighted by atomic mass is 19.1. The zero-order chi connectivity index (χ0) is 19.5. The second-order valence-corrected chi connectivity index (χ2v) is 5.97. The zero-order valence-corrected chi connectivity index (χ0v) is 16.2. The first-order valence-electron chi connectivity index (χ1n) is 9.14. The average Bonchev–Trinajstić information content (AvgIpc) is 2.69. The molecular weight excluding hydrogens is 345 g/mol. The third-order valence-electron chi connectivity index (χ3n) is 4.11. The number of hydrogen-bond donors (Lipinski definition) is 2. The highest BCUT2D eigenvalue weighted by Gasteiger charge is 2.05. The molecule has 0 fully saturated rings. The largest absolute Gasteiger partial charge is 0.493 e. The lowest BCUT2D eigenvalue weighted by Crippen LogP contribution is -2.38. The molecule has 2 rings (SSSR count). The minimum absolute atomic E-state index is 0.181. The Labute approximate surface area is 160 Å². The molecule has 0 unspecified atom stereocenters. The molecule has 0 saturated carbocycles. The van der Waals surface area contributed by atoms with E-state index >= 15 is 0 Å². The van der Waals surface area contributed by atoms with Crippen molar-refractivity contribution in [3.63, 3.8) is 0 Å². The van der Waals surface area contributed by atoms with Crippen LogP contribution < -0.4 is 20.1 Å². The van der Waals surface area contributed by atoms with Crippen LogP contribution >= 0.6 is 0 Å². The fourth-order valence-electron chi connectivity index (χ4n) is 2.69. The summed E-state index contributed by atoms with van der Waals surface area (Å²) in [4.78, 5) is 4.53. The van der Waals surface area contributed by atoms with E-state index in [-0.39, 0.29) is 5.82 Å². The van der Waals surface area contributed by atoms with Gasteiger partial charge >= 0.3 is 0 Å². The summed E-state index contributed by atoms with van der Waals surface area (Å²) in [5, 5.41) is 6.52. The Morgan fingerprint density at radius 1 is 1.00 bits per heavy atom. The average molecular weight is 373 g/mol. The summed E-state index contributed by atoms with van der Waals surface area (Å²) in [6, 6.07) is 12.7. The van der Waals surface area contributed by atoms with Crippen LogP contribution in [0.4, 0.5) is 4.39 Å². The van der Waals surface area contributed by atoms with Gasteiger partial charge in [0, 0.05) is 19.6 Å². The molecule has 0 amide bonds. The lowest BCUT2D eigenvalue weighted by molar-refractivity contribution is 0.354. The first-order chi connectivity index (χ1) is 13.2. The van der Waals surface area contributed by atoms with E-state index < -0.39 is 0 Å². The van der Waals surface area contributed by atoms with E-state index in [2.05, 4.69) is 15.6 Å². The maximum atomic E-state index is 13.7. The Morgan fingerprint density at radius 2 is 1.78 bits per heavy atom. The molecule has 2 aromatic carbocycles. The summed E-state index contributed by atoms with van der Waals surface area (Å²) in [7, 11) is 3.25. The molecule has 0 bridgehead atoms. The van der Waals surface area contributed by atoms with Crippen molar-refractivity contribution in [2.24, 2.45) is 4.99 Å². The van der Waals surface area contributed by atoms with Crippen LogP contribution in [-0.4, -0.2) is 39.8 Å². The molecule has 6 heteroatoms. The Morgan fingerprint density at radius 3 is 2.48 bits per heavy atom. The molecule has 2 aromatic rings. The molecule has 0 aromatic heterocycles. The van der Waals surface area contributed by atoms with Crippen molar-refractivity contribution in [1.29, 1.82) is 0 Å². The maximum absolute atomic E-state index is 13.7. The number of hydrogen-bond acceptors (Lipinski definition) is 3. The van der Waals surface area contributed by atoms with Gasteiger partial charge in [-0.15, -0.1) is 0 Å². The number of guanidine groups is 1. The van der Waals surface area contributed by atoms with Crippen LogP contribution in [0.2, 0.25) is 0 Å². The van der Waals surface area contributed by atoms with Crippen molar-refractivity contribution in [1.82, 2.24) is 10.6 Å². The molecule has 27 heavy (non-hydrogen) atoms. The Balaban J connectivity index is 1.87. The third kappa shape index (κ3) is 6.47. The number of methoxy groups -OCH3 is 2. The Hall–Kier alpha value is -2.76. The van der Waals surface area contributed by atoms with E-state index in [4.69, 9.17) is 9.47 Å². The molecule has 0 saturated heterocycles. The summed E-state index contributed by atoms with van der Waals surface area (Å²) in [5.74, 6) is 1.99. The standard InChI is InChI=1S/C21H28FN3O2/c1-4-23-21(25-14-12-17-7-5-6-8-18(17)22)24-13-11-16-9-10-19(26-2)20(15-16)27-3/h5-10,15H,4,11-14H2,1-3H3,(H2,23,24,25). The van der Waals surface area contributed by atoms with Crippen LogP contribution in [0, 0.1) is 5.82 Å². The first kappa shape index (κ1) is 20.6. The topological polar surface area (TPSA) is 54.9 Å². The lowest BCUT2D eigenvalue weighted by atomic mass is 10.1. The number of aliphatic imine (C=N–C) groups is 1. The number of benzene rings is 2. The fourth-order valence-corrected chi connectivity index (χ4v) is 2.69. The van der Waals surface area contributed by atoms with Gasteiger partial charge in [0.1, 0.15) is 5.82 Å². The molecule has 146 valence electrons. The van der Waals surface area contributed by atoms with Crippen LogP contribution in [0.25, 0.3) is 0 Å². The minimum Gasteiger partial charge on any atom is -0.493 e. The SMILES string of the molecule is CCNC(=NCCc1ccccc1F)NCCc1ccc(OC)c(OC)c1. The molecule has 2 N–H and O–H groups in total. The highest BCUT2D eigenvalue weighted by molar-refractivity contribution is 5.79. The van der Waals surface area contributed by atoms with E-state index in [0.29, 0.717) is 18.5 Å². The fraction of sp³-hybridized carbons (Fsp3) is 0.381. The van der Waals surface area contributed by atoms with E-state index in [0.717, 1.165) is 42.5 Å². The Bertz CT molecular complexity index is 750. The maximum Gasteiger partial charge on any atom is 0.191 e. The first-order valence-corrected chi connectivity index (χ1v) is 9.14. The van der Waals surface area contributed by atoms with E-state index in [9.17, 15) is 4.39 Å². The number of rotatable bonds is 9. The predicted molar refractivity (Wildman–Crippen MR) is 107 cm³/mol. The normalized spacial score (nSPS) is 11.2. The molecule has 0 heterocycles. The molecule has 5 nitrogen and oxygen atoms in total. The van der Waals surface area contributed by atoms with Gasteiger partial charge in [-0.2, -0.15) is 0 Å². The van der Waals surface area contributed by atoms with Crippen LogP contribution in [0.3, 0.4) is 0 Å². The van der Waals surface area contributed by atoms with E-state index in [1.165, 1.54) is 6.07 Å². The van der Waals surface area contributed by atoms with Gasteiger partial charge in [0.2, 0.25) is 0 Å². The van der Waals surface area contributed by atoms with Gasteiger partial charge in [-0.3, -0.25) is 4.99 Å². The van der Waals surface area contributed by atoms with Crippen LogP contribution in [0.1, 0.15) is 18.1 Å². The van der Waals surface area contributed by atoms with Crippen molar-refractivity contribution >= 4 is 5.96 Å². The summed E-state index contributed by atoms with van der Waals surface area (Å²) in [5.41, 5.74) is 1.82. The summed E-state index contributed by atoms with van der Waals surface area (Å²) < 4.78 is 24.3. The monoisotopic (exact) mass is 373 g/mol. The third-order valence-corrected chi connectivity index (χ3v) is 4.11. The van der Waals surface area contributed by atoms with Crippen LogP contribution in [-0.2, 0) is 12.8 Å². The van der Waals surface area contributed by atoms with Gasteiger partial charge in [0.15, 0.2) is 17.5 Å². The van der Waals surface area contributed by atoms with Gasteiger partial charge in [-0.1, -0.05) is 24.3 Å². The minimum atomic E-state index is -0.181. The molecule has 0 aliphatic rings. The van der Waals surface area contributed by atoms with Crippen molar-refractivity contribution in [2.45, 2.75) is 19.8 Å². The quantitative estimate of drug-likeness (QED) is 0.524. The number of nitrogens with one attached hydrogen (secondary N) is 2. The smallest absolute Gasteiger partial charge is 0.191 e. The second kappa shape index (κ2) is 11.1. The van der Waals surface area contributed by atoms with Gasteiger partial charge in [-0.25, -0.2) is 4.39 Å². The molecular formula is C21H28FN3O2. The number of nitrogens with zero attached hydrogens (tertiary/aromatic N) is 1. The van der Waals surface area contributed by atoms with Gasteiger partial charge in [0.25, 0.3) is 0 Å². The van der Waals surface area contributed by atoms with Gasteiger partial charge in [0.05, 0.1) is 14.2 Å². The van der Waals surface area contributed by atoms with Crippen LogP contribution in [0.15, 0.2) is 47.5 Å². The van der Waals surface area contributed by atoms with Crippen molar-refractivity contribution in [3.8, 4) is 11.5 Å². The summed E-state index contributed by atoms with van der Waals surface area (Å²) >= 11 is 0. The number of halogens is 1. The molecule has 0 aliphatic carbocycles. The predicted octanol–water partition coefficient (Wildman–Crippen LogP) is 3.18. The van der Waals surface area contributed by atoms with Crippen molar-refractivity contribution < 1.29 is 13.9 Å². The van der Waals surface area contributed by atoms with Crippen molar-refractivity contribution in [3.05, 3.63) is 59.4 Å². The number of ether oxygens (including phenoxy) is 2. The van der Waals surface area contributed by atoms with E-state index in [1.54, 1.807) is 26.4 Å². The van der Waals surface area contributed by atoms with Crippen LogP contribution in [0.5, 0.6) is 11.5 Å².